The van der Waals surface area contributed by atoms with Crippen molar-refractivity contribution in [1.82, 2.24) is 14.9 Å². The molecular weight excluding hydrogens is 261 g/mol. The summed E-state index contributed by atoms with van der Waals surface area (Å²) in [5, 5.41) is 4.21. The molecule has 0 aliphatic rings. The van der Waals surface area contributed by atoms with Gasteiger partial charge in [-0.3, -0.25) is 0 Å². The van der Waals surface area contributed by atoms with Gasteiger partial charge in [-0.25, -0.2) is 9.37 Å². The molecule has 0 atom stereocenters. The average molecular weight is 279 g/mol. The molecule has 0 spiro atoms. The third kappa shape index (κ3) is 3.81. The highest BCUT2D eigenvalue weighted by Gasteiger charge is 2.08. The van der Waals surface area contributed by atoms with E-state index < -0.39 is 0 Å². The quantitative estimate of drug-likeness (QED) is 0.823. The minimum absolute atomic E-state index is 0.197. The Morgan fingerprint density at radius 3 is 2.95 bits per heavy atom. The fourth-order valence-corrected chi connectivity index (χ4v) is 2.65. The van der Waals surface area contributed by atoms with E-state index in [-0.39, 0.29) is 5.82 Å². The van der Waals surface area contributed by atoms with Crippen molar-refractivity contribution in [3.8, 4) is 0 Å². The Morgan fingerprint density at radius 2 is 2.26 bits per heavy atom. The monoisotopic (exact) mass is 279 g/mol. The van der Waals surface area contributed by atoms with Crippen molar-refractivity contribution in [2.75, 3.05) is 6.54 Å². The summed E-state index contributed by atoms with van der Waals surface area (Å²) >= 11 is 1.56. The summed E-state index contributed by atoms with van der Waals surface area (Å²) in [4.78, 5) is 5.32. The van der Waals surface area contributed by atoms with Crippen LogP contribution in [-0.2, 0) is 13.6 Å². The van der Waals surface area contributed by atoms with Crippen LogP contribution in [0.2, 0.25) is 0 Å². The number of nitrogens with zero attached hydrogens (tertiary/aromatic N) is 2. The maximum atomic E-state index is 13.4. The topological polar surface area (TPSA) is 29.9 Å². The number of aryl methyl sites for hydroxylation is 1. The van der Waals surface area contributed by atoms with E-state index in [4.69, 9.17) is 0 Å². The van der Waals surface area contributed by atoms with Gasteiger partial charge in [0.15, 0.2) is 5.16 Å². The average Bonchev–Trinajstić information content (AvgIpc) is 2.78. The zero-order valence-electron chi connectivity index (χ0n) is 11.2. The van der Waals surface area contributed by atoms with Gasteiger partial charge in [-0.1, -0.05) is 18.7 Å². The molecule has 1 heterocycles. The van der Waals surface area contributed by atoms with E-state index in [2.05, 4.69) is 17.2 Å². The van der Waals surface area contributed by atoms with Crippen LogP contribution in [0.3, 0.4) is 0 Å². The summed E-state index contributed by atoms with van der Waals surface area (Å²) in [5.74, 6) is -0.197. The van der Waals surface area contributed by atoms with Crippen molar-refractivity contribution < 1.29 is 4.39 Å². The molecule has 1 aromatic carbocycles. The molecule has 0 amide bonds. The van der Waals surface area contributed by atoms with E-state index in [9.17, 15) is 4.39 Å². The normalized spacial score (nSPS) is 10.9. The summed E-state index contributed by atoms with van der Waals surface area (Å²) in [6, 6.07) is 4.90. The Hall–Kier alpha value is -1.33. The Kier molecular flexibility index (Phi) is 4.99. The highest BCUT2D eigenvalue weighted by molar-refractivity contribution is 7.99. The first-order valence-electron chi connectivity index (χ1n) is 6.35. The number of imidazole rings is 1. The predicted molar refractivity (Wildman–Crippen MR) is 75.7 cm³/mol. The smallest absolute Gasteiger partial charge is 0.172 e. The molecule has 102 valence electrons. The molecule has 0 unspecified atom stereocenters. The van der Waals surface area contributed by atoms with Crippen LogP contribution in [0.5, 0.6) is 0 Å². The molecule has 0 bridgehead atoms. The molecule has 0 aliphatic carbocycles. The van der Waals surface area contributed by atoms with E-state index in [1.807, 2.05) is 23.9 Å². The maximum absolute atomic E-state index is 13.4. The second-order valence-electron chi connectivity index (χ2n) is 4.35. The van der Waals surface area contributed by atoms with Crippen molar-refractivity contribution in [2.24, 2.45) is 7.05 Å². The van der Waals surface area contributed by atoms with Crippen LogP contribution in [0.15, 0.2) is 40.6 Å². The molecule has 1 N–H and O–H groups in total. The molecule has 0 aliphatic heterocycles. The number of aromatic nitrogens is 2. The van der Waals surface area contributed by atoms with Crippen LogP contribution in [0.4, 0.5) is 4.39 Å². The Morgan fingerprint density at radius 1 is 1.42 bits per heavy atom. The number of hydrogen-bond acceptors (Lipinski definition) is 3. The fourth-order valence-electron chi connectivity index (χ4n) is 1.73. The number of benzene rings is 1. The first kappa shape index (κ1) is 14.1. The van der Waals surface area contributed by atoms with Crippen LogP contribution in [-0.4, -0.2) is 16.1 Å². The van der Waals surface area contributed by atoms with Crippen molar-refractivity contribution in [3.63, 3.8) is 0 Å². The van der Waals surface area contributed by atoms with Gasteiger partial charge in [0.25, 0.3) is 0 Å². The van der Waals surface area contributed by atoms with Crippen LogP contribution in [0.25, 0.3) is 0 Å². The van der Waals surface area contributed by atoms with Gasteiger partial charge < -0.3 is 9.88 Å². The Bertz CT molecular complexity index is 539. The van der Waals surface area contributed by atoms with Crippen LogP contribution in [0.1, 0.15) is 18.9 Å². The molecule has 5 heteroatoms. The first-order valence-corrected chi connectivity index (χ1v) is 7.16. The summed E-state index contributed by atoms with van der Waals surface area (Å²) in [7, 11) is 1.95. The number of hydrogen-bond donors (Lipinski definition) is 1. The molecular formula is C14H18FN3S. The summed E-state index contributed by atoms with van der Waals surface area (Å²) in [6.07, 6.45) is 4.74. The fraction of sp³-hybridized carbons (Fsp3) is 0.357. The van der Waals surface area contributed by atoms with E-state index >= 15 is 0 Å². The van der Waals surface area contributed by atoms with Crippen LogP contribution < -0.4 is 5.32 Å². The minimum Gasteiger partial charge on any atom is -0.329 e. The lowest BCUT2D eigenvalue weighted by molar-refractivity contribution is 0.615. The molecule has 2 aromatic rings. The van der Waals surface area contributed by atoms with E-state index in [0.717, 1.165) is 28.6 Å². The van der Waals surface area contributed by atoms with Gasteiger partial charge in [0, 0.05) is 30.9 Å². The highest BCUT2D eigenvalue weighted by atomic mass is 32.2. The third-order valence-corrected chi connectivity index (χ3v) is 3.94. The highest BCUT2D eigenvalue weighted by Crippen LogP contribution is 2.29. The van der Waals surface area contributed by atoms with Crippen molar-refractivity contribution in [1.29, 1.82) is 0 Å². The zero-order valence-corrected chi connectivity index (χ0v) is 12.0. The summed E-state index contributed by atoms with van der Waals surface area (Å²) in [5.41, 5.74) is 0.974. The lowest BCUT2D eigenvalue weighted by Gasteiger charge is -2.10. The van der Waals surface area contributed by atoms with Crippen molar-refractivity contribution in [2.45, 2.75) is 29.9 Å². The second-order valence-corrected chi connectivity index (χ2v) is 5.36. The van der Waals surface area contributed by atoms with Gasteiger partial charge in [0.05, 0.1) is 0 Å². The molecule has 0 fully saturated rings. The number of nitrogens with one attached hydrogen (secondary N) is 1. The van der Waals surface area contributed by atoms with Crippen molar-refractivity contribution >= 4 is 11.8 Å². The second kappa shape index (κ2) is 6.73. The SMILES string of the molecule is CCCNCc1cc(F)ccc1Sc1nccn1C. The molecule has 0 saturated heterocycles. The van der Waals surface area contributed by atoms with Crippen LogP contribution in [0, 0.1) is 5.82 Å². The minimum atomic E-state index is -0.197. The molecule has 3 nitrogen and oxygen atoms in total. The number of rotatable bonds is 6. The van der Waals surface area contributed by atoms with Gasteiger partial charge in [0.1, 0.15) is 5.82 Å². The maximum Gasteiger partial charge on any atom is 0.172 e. The molecule has 0 radical (unpaired) electrons. The zero-order chi connectivity index (χ0) is 13.7. The van der Waals surface area contributed by atoms with Crippen molar-refractivity contribution in [3.05, 3.63) is 42.0 Å². The van der Waals surface area contributed by atoms with E-state index in [1.165, 1.54) is 6.07 Å². The number of halogens is 1. The summed E-state index contributed by atoms with van der Waals surface area (Å²) in [6.45, 7) is 3.73. The molecule has 2 rings (SSSR count). The summed E-state index contributed by atoms with van der Waals surface area (Å²) < 4.78 is 15.3. The molecule has 19 heavy (non-hydrogen) atoms. The lowest BCUT2D eigenvalue weighted by Crippen LogP contribution is -2.14. The van der Waals surface area contributed by atoms with Gasteiger partial charge in [-0.05, 0) is 36.7 Å². The molecule has 1 aromatic heterocycles. The Balaban J connectivity index is 2.16. The van der Waals surface area contributed by atoms with Crippen LogP contribution >= 0.6 is 11.8 Å². The molecule has 0 saturated carbocycles. The largest absolute Gasteiger partial charge is 0.329 e. The van der Waals surface area contributed by atoms with Gasteiger partial charge in [-0.15, -0.1) is 0 Å². The first-order chi connectivity index (χ1) is 9.20. The third-order valence-electron chi connectivity index (χ3n) is 2.74. The van der Waals surface area contributed by atoms with E-state index in [0.29, 0.717) is 6.54 Å². The standard InChI is InChI=1S/C14H18FN3S/c1-3-6-16-10-11-9-12(15)4-5-13(11)19-14-17-7-8-18(14)2/h4-5,7-9,16H,3,6,10H2,1-2H3. The van der Waals surface area contributed by atoms with E-state index in [1.54, 1.807) is 24.0 Å². The van der Waals surface area contributed by atoms with Gasteiger partial charge in [-0.2, -0.15) is 0 Å². The van der Waals surface area contributed by atoms with Gasteiger partial charge >= 0.3 is 0 Å². The lowest BCUT2D eigenvalue weighted by atomic mass is 10.2. The predicted octanol–water partition coefficient (Wildman–Crippen LogP) is 3.21. The Labute approximate surface area is 117 Å². The van der Waals surface area contributed by atoms with Gasteiger partial charge in [0.2, 0.25) is 0 Å².